The minimum Gasteiger partial charge on any atom is -0.493 e. The van der Waals surface area contributed by atoms with Crippen LogP contribution in [0.4, 0.5) is 10.5 Å². The molecule has 0 atom stereocenters. The summed E-state index contributed by atoms with van der Waals surface area (Å²) in [4.78, 5) is 11.8. The summed E-state index contributed by atoms with van der Waals surface area (Å²) in [5.74, 6) is 1.93. The predicted molar refractivity (Wildman–Crippen MR) is 92.8 cm³/mol. The molecule has 3 N–H and O–H groups in total. The zero-order valence-corrected chi connectivity index (χ0v) is 14.3. The van der Waals surface area contributed by atoms with Crippen molar-refractivity contribution in [1.29, 1.82) is 0 Å². The van der Waals surface area contributed by atoms with E-state index in [0.29, 0.717) is 28.7 Å². The third-order valence-corrected chi connectivity index (χ3v) is 2.91. The molecule has 6 nitrogen and oxygen atoms in total. The average Bonchev–Trinajstić information content (AvgIpc) is 2.47. The number of benzene rings is 2. The highest BCUT2D eigenvalue weighted by Gasteiger charge is 2.15. The van der Waals surface area contributed by atoms with Crippen LogP contribution in [-0.2, 0) is 0 Å². The van der Waals surface area contributed by atoms with E-state index in [9.17, 15) is 4.79 Å². The van der Waals surface area contributed by atoms with Crippen molar-refractivity contribution >= 4 is 11.8 Å². The Morgan fingerprint density at radius 2 is 1.75 bits per heavy atom. The minimum atomic E-state index is -0.523. The molecule has 6 heteroatoms. The molecule has 0 saturated carbocycles. The number of nitrogen functional groups attached to an aromatic ring is 1. The van der Waals surface area contributed by atoms with Crippen molar-refractivity contribution in [3.8, 4) is 23.0 Å². The molecule has 0 unspecified atom stereocenters. The summed E-state index contributed by atoms with van der Waals surface area (Å²) in [6, 6.07) is 11.9. The number of hydrogen-bond donors (Lipinski definition) is 2. The van der Waals surface area contributed by atoms with E-state index in [2.05, 4.69) is 5.32 Å². The maximum atomic E-state index is 11.8. The zero-order chi connectivity index (χ0) is 17.7. The summed E-state index contributed by atoms with van der Waals surface area (Å²) in [5, 5.41) is 2.73. The second-order valence-electron chi connectivity index (χ2n) is 6.25. The topological polar surface area (TPSA) is 82.8 Å². The molecular weight excluding hydrogens is 308 g/mol. The van der Waals surface area contributed by atoms with Gasteiger partial charge in [-0.05, 0) is 45.0 Å². The SMILES string of the molecule is COc1cc(N)ccc1Oc1cccc(OC(=O)NC(C)(C)C)c1. The molecule has 2 aromatic rings. The van der Waals surface area contributed by atoms with Gasteiger partial charge in [-0.25, -0.2) is 4.79 Å². The van der Waals surface area contributed by atoms with Crippen molar-refractivity contribution in [2.75, 3.05) is 12.8 Å². The lowest BCUT2D eigenvalue weighted by Gasteiger charge is -2.20. The number of carbonyl (C=O) groups excluding carboxylic acids is 1. The standard InChI is InChI=1S/C18H22N2O4/c1-18(2,3)20-17(21)24-14-7-5-6-13(11-14)23-15-9-8-12(19)10-16(15)22-4/h5-11H,19H2,1-4H3,(H,20,21). The Morgan fingerprint density at radius 3 is 2.42 bits per heavy atom. The number of nitrogens with two attached hydrogens (primary N) is 1. The summed E-state index contributed by atoms with van der Waals surface area (Å²) in [5.41, 5.74) is 5.93. The highest BCUT2D eigenvalue weighted by molar-refractivity contribution is 5.71. The monoisotopic (exact) mass is 330 g/mol. The Hall–Kier alpha value is -2.89. The van der Waals surface area contributed by atoms with Crippen LogP contribution in [0, 0.1) is 0 Å². The normalized spacial score (nSPS) is 10.8. The van der Waals surface area contributed by atoms with Crippen LogP contribution in [0.3, 0.4) is 0 Å². The fourth-order valence-corrected chi connectivity index (χ4v) is 1.94. The largest absolute Gasteiger partial charge is 0.493 e. The van der Waals surface area contributed by atoms with E-state index in [4.69, 9.17) is 19.9 Å². The van der Waals surface area contributed by atoms with Crippen molar-refractivity contribution in [2.45, 2.75) is 26.3 Å². The van der Waals surface area contributed by atoms with Crippen LogP contribution in [0.25, 0.3) is 0 Å². The maximum absolute atomic E-state index is 11.8. The van der Waals surface area contributed by atoms with Gasteiger partial charge in [-0.3, -0.25) is 0 Å². The van der Waals surface area contributed by atoms with Gasteiger partial charge in [0.25, 0.3) is 0 Å². The van der Waals surface area contributed by atoms with Crippen LogP contribution in [0.2, 0.25) is 0 Å². The van der Waals surface area contributed by atoms with Gasteiger partial charge in [0.15, 0.2) is 11.5 Å². The molecule has 128 valence electrons. The predicted octanol–water partition coefficient (Wildman–Crippen LogP) is 3.96. The highest BCUT2D eigenvalue weighted by Crippen LogP contribution is 2.34. The van der Waals surface area contributed by atoms with E-state index < -0.39 is 6.09 Å². The Morgan fingerprint density at radius 1 is 1.04 bits per heavy atom. The third kappa shape index (κ3) is 5.08. The first-order valence-electron chi connectivity index (χ1n) is 7.48. The molecule has 0 aliphatic heterocycles. The fraction of sp³-hybridized carbons (Fsp3) is 0.278. The van der Waals surface area contributed by atoms with E-state index in [1.165, 1.54) is 7.11 Å². The minimum absolute atomic E-state index is 0.372. The quantitative estimate of drug-likeness (QED) is 0.829. The van der Waals surface area contributed by atoms with Crippen LogP contribution in [0.15, 0.2) is 42.5 Å². The van der Waals surface area contributed by atoms with Crippen LogP contribution < -0.4 is 25.3 Å². The van der Waals surface area contributed by atoms with Gasteiger partial charge in [-0.1, -0.05) is 6.07 Å². The second-order valence-corrected chi connectivity index (χ2v) is 6.25. The first kappa shape index (κ1) is 17.5. The summed E-state index contributed by atoms with van der Waals surface area (Å²) >= 11 is 0. The van der Waals surface area contributed by atoms with Gasteiger partial charge < -0.3 is 25.3 Å². The van der Waals surface area contributed by atoms with Crippen molar-refractivity contribution < 1.29 is 19.0 Å². The van der Waals surface area contributed by atoms with Gasteiger partial charge >= 0.3 is 6.09 Å². The molecule has 0 aromatic heterocycles. The van der Waals surface area contributed by atoms with Gasteiger partial charge in [-0.15, -0.1) is 0 Å². The number of ether oxygens (including phenoxy) is 3. The summed E-state index contributed by atoms with van der Waals surface area (Å²) in [7, 11) is 1.54. The number of amides is 1. The summed E-state index contributed by atoms with van der Waals surface area (Å²) in [6.45, 7) is 5.63. The van der Waals surface area contributed by atoms with Crippen molar-refractivity contribution in [1.82, 2.24) is 5.32 Å². The Labute approximate surface area is 141 Å². The third-order valence-electron chi connectivity index (χ3n) is 2.91. The van der Waals surface area contributed by atoms with E-state index in [-0.39, 0.29) is 5.54 Å². The van der Waals surface area contributed by atoms with Crippen molar-refractivity contribution in [3.63, 3.8) is 0 Å². The number of anilines is 1. The van der Waals surface area contributed by atoms with Crippen LogP contribution in [0.5, 0.6) is 23.0 Å². The summed E-state index contributed by atoms with van der Waals surface area (Å²) in [6.07, 6.45) is -0.523. The number of methoxy groups -OCH3 is 1. The fourth-order valence-electron chi connectivity index (χ4n) is 1.94. The number of rotatable bonds is 4. The lowest BCUT2D eigenvalue weighted by Crippen LogP contribution is -2.42. The van der Waals surface area contributed by atoms with E-state index >= 15 is 0 Å². The summed E-state index contributed by atoms with van der Waals surface area (Å²) < 4.78 is 16.3. The van der Waals surface area contributed by atoms with Crippen LogP contribution >= 0.6 is 0 Å². The van der Waals surface area contributed by atoms with Gasteiger partial charge in [0.05, 0.1) is 7.11 Å². The molecule has 0 saturated heterocycles. The van der Waals surface area contributed by atoms with Gasteiger partial charge in [0.2, 0.25) is 0 Å². The molecule has 0 heterocycles. The zero-order valence-electron chi connectivity index (χ0n) is 14.3. The van der Waals surface area contributed by atoms with Gasteiger partial charge in [-0.2, -0.15) is 0 Å². The molecular formula is C18H22N2O4. The van der Waals surface area contributed by atoms with E-state index in [0.717, 1.165) is 0 Å². The highest BCUT2D eigenvalue weighted by atomic mass is 16.6. The Bertz CT molecular complexity index is 723. The van der Waals surface area contributed by atoms with Gasteiger partial charge in [0, 0.05) is 23.4 Å². The Balaban J connectivity index is 2.12. The van der Waals surface area contributed by atoms with Gasteiger partial charge in [0.1, 0.15) is 11.5 Å². The first-order chi connectivity index (χ1) is 11.3. The molecule has 0 aliphatic carbocycles. The second kappa shape index (κ2) is 7.12. The van der Waals surface area contributed by atoms with Crippen LogP contribution in [-0.4, -0.2) is 18.7 Å². The lowest BCUT2D eigenvalue weighted by molar-refractivity contribution is 0.190. The maximum Gasteiger partial charge on any atom is 0.413 e. The molecule has 2 rings (SSSR count). The molecule has 24 heavy (non-hydrogen) atoms. The molecule has 0 fully saturated rings. The molecule has 0 radical (unpaired) electrons. The van der Waals surface area contributed by atoms with Crippen molar-refractivity contribution in [3.05, 3.63) is 42.5 Å². The average molecular weight is 330 g/mol. The Kier molecular flexibility index (Phi) is 5.18. The molecule has 1 amide bonds. The smallest absolute Gasteiger partial charge is 0.413 e. The van der Waals surface area contributed by atoms with E-state index in [1.807, 2.05) is 20.8 Å². The number of carbonyl (C=O) groups is 1. The van der Waals surface area contributed by atoms with Crippen LogP contribution in [0.1, 0.15) is 20.8 Å². The number of hydrogen-bond acceptors (Lipinski definition) is 5. The van der Waals surface area contributed by atoms with Crippen molar-refractivity contribution in [2.24, 2.45) is 0 Å². The molecule has 2 aromatic carbocycles. The molecule has 0 bridgehead atoms. The molecule has 0 aliphatic rings. The first-order valence-corrected chi connectivity index (χ1v) is 7.48. The van der Waals surface area contributed by atoms with E-state index in [1.54, 1.807) is 42.5 Å². The number of nitrogens with one attached hydrogen (secondary N) is 1. The molecule has 0 spiro atoms. The lowest BCUT2D eigenvalue weighted by atomic mass is 10.1.